The average molecular weight is 476 g/mol. The van der Waals surface area contributed by atoms with Gasteiger partial charge in [0.1, 0.15) is 5.82 Å². The zero-order valence-electron chi connectivity index (χ0n) is 18.7. The molecular formula is C23H33F4N3O3. The number of hydrogen-bond acceptors (Lipinski definition) is 4. The molecule has 2 aliphatic heterocycles. The maximum absolute atomic E-state index is 13.0. The molecule has 10 heteroatoms. The Morgan fingerprint density at radius 2 is 1.39 bits per heavy atom. The van der Waals surface area contributed by atoms with E-state index < -0.39 is 12.1 Å². The van der Waals surface area contributed by atoms with Crippen molar-refractivity contribution in [3.63, 3.8) is 0 Å². The Morgan fingerprint density at radius 3 is 1.82 bits per heavy atom. The third kappa shape index (κ3) is 10.1. The van der Waals surface area contributed by atoms with E-state index in [0.29, 0.717) is 0 Å². The van der Waals surface area contributed by atoms with Crippen LogP contribution in [0.1, 0.15) is 37.7 Å². The van der Waals surface area contributed by atoms with Gasteiger partial charge in [-0.25, -0.2) is 9.18 Å². The third-order valence-corrected chi connectivity index (χ3v) is 6.33. The number of piperidine rings is 2. The van der Waals surface area contributed by atoms with Gasteiger partial charge in [0.05, 0.1) is 0 Å². The molecule has 3 N–H and O–H groups in total. The van der Waals surface area contributed by atoms with E-state index in [1.165, 1.54) is 44.5 Å². The zero-order valence-corrected chi connectivity index (χ0v) is 18.7. The summed E-state index contributed by atoms with van der Waals surface area (Å²) in [7, 11) is 0. The van der Waals surface area contributed by atoms with Gasteiger partial charge >= 0.3 is 12.1 Å². The van der Waals surface area contributed by atoms with Crippen LogP contribution in [-0.4, -0.2) is 72.2 Å². The second-order valence-corrected chi connectivity index (χ2v) is 8.79. The van der Waals surface area contributed by atoms with Gasteiger partial charge in [-0.2, -0.15) is 13.2 Å². The number of primary amides is 1. The van der Waals surface area contributed by atoms with Gasteiger partial charge in [-0.05, 0) is 101 Å². The predicted molar refractivity (Wildman–Crippen MR) is 116 cm³/mol. The highest BCUT2D eigenvalue weighted by Crippen LogP contribution is 2.22. The Balaban J connectivity index is 0.000000479. The van der Waals surface area contributed by atoms with Crippen LogP contribution in [-0.2, 0) is 16.0 Å². The van der Waals surface area contributed by atoms with E-state index in [0.717, 1.165) is 44.8 Å². The maximum atomic E-state index is 13.0. The van der Waals surface area contributed by atoms with E-state index in [9.17, 15) is 22.4 Å². The fourth-order valence-corrected chi connectivity index (χ4v) is 4.33. The number of alkyl halides is 3. The van der Waals surface area contributed by atoms with E-state index in [1.54, 1.807) is 12.1 Å². The Labute approximate surface area is 191 Å². The summed E-state index contributed by atoms with van der Waals surface area (Å²) in [4.78, 5) is 25.2. The van der Waals surface area contributed by atoms with Crippen LogP contribution in [0, 0.1) is 17.7 Å². The summed E-state index contributed by atoms with van der Waals surface area (Å²) in [6, 6.07) is 6.97. The fraction of sp³-hybridized carbons (Fsp3) is 0.652. The average Bonchev–Trinajstić information content (AvgIpc) is 2.77. The highest BCUT2D eigenvalue weighted by Gasteiger charge is 2.38. The number of hydrogen-bond donors (Lipinski definition) is 2. The van der Waals surface area contributed by atoms with Crippen LogP contribution in [0.3, 0.4) is 0 Å². The molecule has 6 nitrogen and oxygen atoms in total. The van der Waals surface area contributed by atoms with Crippen molar-refractivity contribution in [2.45, 2.75) is 44.7 Å². The number of rotatable bonds is 7. The normalized spacial score (nSPS) is 19.0. The zero-order chi connectivity index (χ0) is 24.4. The first-order valence-electron chi connectivity index (χ1n) is 11.3. The molecule has 33 heavy (non-hydrogen) atoms. The van der Waals surface area contributed by atoms with Crippen molar-refractivity contribution in [1.82, 2.24) is 9.80 Å². The smallest absolute Gasteiger partial charge is 0.475 e. The third-order valence-electron chi connectivity index (χ3n) is 6.33. The number of benzene rings is 1. The number of aliphatic carboxylic acids is 1. The number of nitrogens with zero attached hydrogens (tertiary/aromatic N) is 2. The van der Waals surface area contributed by atoms with Crippen molar-refractivity contribution >= 4 is 11.9 Å². The number of halogens is 4. The second-order valence-electron chi connectivity index (χ2n) is 8.79. The van der Waals surface area contributed by atoms with Crippen molar-refractivity contribution in [3.05, 3.63) is 35.6 Å². The summed E-state index contributed by atoms with van der Waals surface area (Å²) in [5, 5.41) is 7.12. The lowest BCUT2D eigenvalue weighted by molar-refractivity contribution is -0.192. The molecule has 0 aromatic heterocycles. The molecule has 0 atom stereocenters. The summed E-state index contributed by atoms with van der Waals surface area (Å²) in [5.74, 6) is -2.22. The largest absolute Gasteiger partial charge is 0.490 e. The monoisotopic (exact) mass is 475 g/mol. The Kier molecular flexibility index (Phi) is 10.6. The lowest BCUT2D eigenvalue weighted by Gasteiger charge is -2.34. The summed E-state index contributed by atoms with van der Waals surface area (Å²) >= 11 is 0. The van der Waals surface area contributed by atoms with Crippen LogP contribution in [0.15, 0.2) is 24.3 Å². The highest BCUT2D eigenvalue weighted by atomic mass is 19.4. The molecule has 186 valence electrons. The lowest BCUT2D eigenvalue weighted by atomic mass is 9.90. The standard InChI is InChI=1S/C21H32FN3O.C2HF3O2/c22-20-4-2-17(3-5-20)16-18-6-12-24(13-7-18)10-1-11-25-14-8-19(9-15-25)21(23)26;3-2(4,5)1(6)7/h2-5,18-19H,1,6-16H2,(H2,23,26);(H,6,7). The first-order chi connectivity index (χ1) is 15.5. The molecule has 0 aliphatic carbocycles. The van der Waals surface area contributed by atoms with Gasteiger partial charge in [0.2, 0.25) is 5.91 Å². The minimum atomic E-state index is -5.08. The number of carbonyl (C=O) groups excluding carboxylic acids is 1. The molecular weight excluding hydrogens is 442 g/mol. The van der Waals surface area contributed by atoms with Crippen molar-refractivity contribution in [1.29, 1.82) is 0 Å². The fourth-order valence-electron chi connectivity index (χ4n) is 4.33. The quantitative estimate of drug-likeness (QED) is 0.591. The molecule has 2 aliphatic rings. The maximum Gasteiger partial charge on any atom is 0.490 e. The summed E-state index contributed by atoms with van der Waals surface area (Å²) in [5.41, 5.74) is 6.65. The van der Waals surface area contributed by atoms with Gasteiger partial charge < -0.3 is 20.6 Å². The van der Waals surface area contributed by atoms with Gasteiger partial charge in [0.15, 0.2) is 0 Å². The van der Waals surface area contributed by atoms with E-state index in [-0.39, 0.29) is 17.6 Å². The van der Waals surface area contributed by atoms with Crippen LogP contribution < -0.4 is 5.73 Å². The highest BCUT2D eigenvalue weighted by molar-refractivity contribution is 5.76. The molecule has 2 fully saturated rings. The summed E-state index contributed by atoms with van der Waals surface area (Å²) in [6.07, 6.45) is 1.50. The van der Waals surface area contributed by atoms with E-state index >= 15 is 0 Å². The molecule has 1 amide bonds. The number of carboxylic acid groups (broad SMARTS) is 1. The van der Waals surface area contributed by atoms with Crippen molar-refractivity contribution in [3.8, 4) is 0 Å². The molecule has 0 radical (unpaired) electrons. The molecule has 0 bridgehead atoms. The van der Waals surface area contributed by atoms with Gasteiger partial charge in [-0.3, -0.25) is 4.79 Å². The van der Waals surface area contributed by atoms with Crippen molar-refractivity contribution < 1.29 is 32.3 Å². The van der Waals surface area contributed by atoms with Crippen LogP contribution in [0.25, 0.3) is 0 Å². The van der Waals surface area contributed by atoms with Gasteiger partial charge in [-0.15, -0.1) is 0 Å². The molecule has 0 unspecified atom stereocenters. The van der Waals surface area contributed by atoms with E-state index in [2.05, 4.69) is 9.80 Å². The summed E-state index contributed by atoms with van der Waals surface area (Å²) in [6.45, 7) is 6.66. The van der Waals surface area contributed by atoms with Crippen LogP contribution in [0.5, 0.6) is 0 Å². The Hall–Kier alpha value is -2.20. The number of amides is 1. The van der Waals surface area contributed by atoms with Gasteiger partial charge in [0, 0.05) is 5.92 Å². The minimum Gasteiger partial charge on any atom is -0.475 e. The van der Waals surface area contributed by atoms with Crippen LogP contribution in [0.4, 0.5) is 17.6 Å². The number of carboxylic acids is 1. The molecule has 1 aromatic carbocycles. The molecule has 0 saturated carbocycles. The van der Waals surface area contributed by atoms with Crippen LogP contribution in [0.2, 0.25) is 0 Å². The molecule has 3 rings (SSSR count). The predicted octanol–water partition coefficient (Wildman–Crippen LogP) is 3.30. The molecule has 2 saturated heterocycles. The Morgan fingerprint density at radius 1 is 0.939 bits per heavy atom. The number of likely N-dealkylation sites (tertiary alicyclic amines) is 2. The Bertz CT molecular complexity index is 742. The van der Waals surface area contributed by atoms with Crippen LogP contribution >= 0.6 is 0 Å². The number of nitrogens with two attached hydrogens (primary N) is 1. The summed E-state index contributed by atoms with van der Waals surface area (Å²) < 4.78 is 44.7. The molecule has 0 spiro atoms. The van der Waals surface area contributed by atoms with E-state index in [1.807, 2.05) is 12.1 Å². The minimum absolute atomic E-state index is 0.0892. The first kappa shape index (κ1) is 27.0. The van der Waals surface area contributed by atoms with Crippen molar-refractivity contribution in [2.75, 3.05) is 39.3 Å². The van der Waals surface area contributed by atoms with Gasteiger partial charge in [0.25, 0.3) is 0 Å². The molecule has 1 aromatic rings. The topological polar surface area (TPSA) is 86.9 Å². The van der Waals surface area contributed by atoms with E-state index in [4.69, 9.17) is 15.6 Å². The first-order valence-corrected chi connectivity index (χ1v) is 11.3. The van der Waals surface area contributed by atoms with Crippen molar-refractivity contribution in [2.24, 2.45) is 17.6 Å². The lowest BCUT2D eigenvalue weighted by Crippen LogP contribution is -2.40. The number of carbonyl (C=O) groups is 2. The second kappa shape index (κ2) is 12.9. The molecule has 2 heterocycles. The van der Waals surface area contributed by atoms with Gasteiger partial charge in [-0.1, -0.05) is 12.1 Å². The SMILES string of the molecule is NC(=O)C1CCN(CCCN2CCC(Cc3ccc(F)cc3)CC2)CC1.O=C(O)C(F)(F)F.